The van der Waals surface area contributed by atoms with Crippen LogP contribution in [0.15, 0.2) is 0 Å². The van der Waals surface area contributed by atoms with Crippen LogP contribution >= 0.6 is 0 Å². The summed E-state index contributed by atoms with van der Waals surface area (Å²) in [5, 5.41) is 0.192. The molecular formula is C12H23BO2. The summed E-state index contributed by atoms with van der Waals surface area (Å²) >= 11 is 0. The van der Waals surface area contributed by atoms with E-state index in [1.165, 1.54) is 6.42 Å². The Kier molecular flexibility index (Phi) is 2.01. The molecule has 15 heavy (non-hydrogen) atoms. The molecule has 2 rings (SSSR count). The molecule has 0 spiro atoms. The van der Waals surface area contributed by atoms with E-state index in [4.69, 9.17) is 9.31 Å². The Morgan fingerprint density at radius 1 is 0.800 bits per heavy atom. The molecule has 86 valence electrons. The second-order valence-corrected chi connectivity index (χ2v) is 7.07. The minimum absolute atomic E-state index is 0.0440. The third-order valence-electron chi connectivity index (χ3n) is 5.00. The second-order valence-electron chi connectivity index (χ2n) is 7.07. The van der Waals surface area contributed by atoms with E-state index in [1.54, 1.807) is 0 Å². The van der Waals surface area contributed by atoms with Crippen LogP contribution in [-0.2, 0) is 9.31 Å². The standard InChI is InChI=1S/C12H23BO2/c1-9(2)8-12(9,7)13-14-10(3,4)11(5,6)15-13/h8H2,1-7H3. The third kappa shape index (κ3) is 1.39. The largest absolute Gasteiger partial charge is 0.464 e. The molecule has 1 saturated heterocycles. The fraction of sp³-hybridized carbons (Fsp3) is 1.00. The Balaban J connectivity index is 2.18. The average molecular weight is 210 g/mol. The Morgan fingerprint density at radius 2 is 1.13 bits per heavy atom. The summed E-state index contributed by atoms with van der Waals surface area (Å²) < 4.78 is 12.2. The van der Waals surface area contributed by atoms with Gasteiger partial charge in [0.15, 0.2) is 0 Å². The van der Waals surface area contributed by atoms with Gasteiger partial charge in [-0.05, 0) is 39.5 Å². The molecule has 1 aliphatic heterocycles. The van der Waals surface area contributed by atoms with Crippen molar-refractivity contribution in [1.82, 2.24) is 0 Å². The molecule has 1 heterocycles. The van der Waals surface area contributed by atoms with Gasteiger partial charge in [-0.3, -0.25) is 0 Å². The molecule has 0 bridgehead atoms. The van der Waals surface area contributed by atoms with Crippen LogP contribution in [0.3, 0.4) is 0 Å². The fourth-order valence-electron chi connectivity index (χ4n) is 2.38. The van der Waals surface area contributed by atoms with E-state index < -0.39 is 0 Å². The van der Waals surface area contributed by atoms with E-state index in [9.17, 15) is 0 Å². The Morgan fingerprint density at radius 3 is 1.40 bits per heavy atom. The van der Waals surface area contributed by atoms with Crippen LogP contribution in [-0.4, -0.2) is 18.3 Å². The van der Waals surface area contributed by atoms with E-state index in [0.29, 0.717) is 5.41 Å². The molecule has 1 unspecified atom stereocenters. The van der Waals surface area contributed by atoms with Gasteiger partial charge in [0.25, 0.3) is 0 Å². The first-order valence-electron chi connectivity index (χ1n) is 5.88. The lowest BCUT2D eigenvalue weighted by Gasteiger charge is -2.32. The summed E-state index contributed by atoms with van der Waals surface area (Å²) in [5.74, 6) is 0. The monoisotopic (exact) mass is 210 g/mol. The molecule has 0 aromatic rings. The van der Waals surface area contributed by atoms with E-state index in [0.717, 1.165) is 0 Å². The zero-order chi connectivity index (χ0) is 11.7. The Hall–Kier alpha value is -0.0151. The van der Waals surface area contributed by atoms with Gasteiger partial charge < -0.3 is 9.31 Å². The van der Waals surface area contributed by atoms with Gasteiger partial charge >= 0.3 is 7.12 Å². The van der Waals surface area contributed by atoms with Gasteiger partial charge in [-0.15, -0.1) is 0 Å². The SMILES string of the molecule is CC1(C)CC1(C)B1OC(C)(C)C(C)(C)O1. The van der Waals surface area contributed by atoms with Gasteiger partial charge in [-0.25, -0.2) is 0 Å². The lowest BCUT2D eigenvalue weighted by atomic mass is 9.65. The normalized spacial score (nSPS) is 40.6. The fourth-order valence-corrected chi connectivity index (χ4v) is 2.38. The summed E-state index contributed by atoms with van der Waals surface area (Å²) in [6, 6.07) is 0. The maximum atomic E-state index is 6.10. The van der Waals surface area contributed by atoms with Crippen molar-refractivity contribution < 1.29 is 9.31 Å². The van der Waals surface area contributed by atoms with Crippen LogP contribution in [0.2, 0.25) is 5.31 Å². The minimum Gasteiger partial charge on any atom is -0.403 e. The van der Waals surface area contributed by atoms with Crippen molar-refractivity contribution >= 4 is 7.12 Å². The topological polar surface area (TPSA) is 18.5 Å². The quantitative estimate of drug-likeness (QED) is 0.618. The Labute approximate surface area is 93.9 Å². The number of hydrogen-bond donors (Lipinski definition) is 0. The van der Waals surface area contributed by atoms with Crippen LogP contribution in [0.4, 0.5) is 0 Å². The van der Waals surface area contributed by atoms with Crippen molar-refractivity contribution in [3.63, 3.8) is 0 Å². The zero-order valence-electron chi connectivity index (χ0n) is 11.1. The van der Waals surface area contributed by atoms with Crippen molar-refractivity contribution in [3.8, 4) is 0 Å². The first-order chi connectivity index (χ1) is 6.52. The van der Waals surface area contributed by atoms with Crippen molar-refractivity contribution in [2.24, 2.45) is 5.41 Å². The smallest absolute Gasteiger partial charge is 0.403 e. The van der Waals surface area contributed by atoms with Gasteiger partial charge in [0.05, 0.1) is 11.2 Å². The first kappa shape index (κ1) is 11.5. The predicted molar refractivity (Wildman–Crippen MR) is 62.8 cm³/mol. The van der Waals surface area contributed by atoms with Crippen LogP contribution < -0.4 is 0 Å². The Bertz CT molecular complexity index is 280. The molecule has 0 aromatic heterocycles. The summed E-state index contributed by atoms with van der Waals surface area (Å²) in [7, 11) is -0.0440. The van der Waals surface area contributed by atoms with Crippen LogP contribution in [0.25, 0.3) is 0 Å². The molecule has 0 aromatic carbocycles. The van der Waals surface area contributed by atoms with Crippen LogP contribution in [0, 0.1) is 5.41 Å². The number of hydrogen-bond acceptors (Lipinski definition) is 2. The highest BCUT2D eigenvalue weighted by Gasteiger charge is 2.70. The molecular weight excluding hydrogens is 187 g/mol. The van der Waals surface area contributed by atoms with Crippen molar-refractivity contribution in [2.75, 3.05) is 0 Å². The highest BCUT2D eigenvalue weighted by Crippen LogP contribution is 2.72. The third-order valence-corrected chi connectivity index (χ3v) is 5.00. The molecule has 3 heteroatoms. The lowest BCUT2D eigenvalue weighted by Crippen LogP contribution is -2.41. The van der Waals surface area contributed by atoms with Gasteiger partial charge in [-0.1, -0.05) is 20.8 Å². The van der Waals surface area contributed by atoms with E-state index in [1.807, 2.05) is 0 Å². The molecule has 2 nitrogen and oxygen atoms in total. The van der Waals surface area contributed by atoms with Crippen molar-refractivity contribution in [2.45, 2.75) is 71.4 Å². The summed E-state index contributed by atoms with van der Waals surface area (Å²) in [5.41, 5.74) is -0.0349. The highest BCUT2D eigenvalue weighted by molar-refractivity contribution is 6.51. The molecule has 0 N–H and O–H groups in total. The molecule has 0 radical (unpaired) electrons. The summed E-state index contributed by atoms with van der Waals surface area (Å²) in [6.45, 7) is 15.3. The highest BCUT2D eigenvalue weighted by atomic mass is 16.7. The molecule has 2 aliphatic rings. The average Bonchev–Trinajstić information content (AvgIpc) is 2.39. The molecule has 1 aliphatic carbocycles. The summed E-state index contributed by atoms with van der Waals surface area (Å²) in [6.07, 6.45) is 1.19. The van der Waals surface area contributed by atoms with Gasteiger partial charge in [0, 0.05) is 5.31 Å². The molecule has 0 amide bonds. The zero-order valence-corrected chi connectivity index (χ0v) is 11.1. The van der Waals surface area contributed by atoms with E-state index in [-0.39, 0.29) is 23.6 Å². The van der Waals surface area contributed by atoms with Crippen LogP contribution in [0.5, 0.6) is 0 Å². The second kappa shape index (κ2) is 2.62. The van der Waals surface area contributed by atoms with Gasteiger partial charge in [0.2, 0.25) is 0 Å². The van der Waals surface area contributed by atoms with Crippen LogP contribution in [0.1, 0.15) is 54.9 Å². The first-order valence-corrected chi connectivity index (χ1v) is 5.88. The predicted octanol–water partition coefficient (Wildman–Crippen LogP) is 3.27. The van der Waals surface area contributed by atoms with E-state index >= 15 is 0 Å². The van der Waals surface area contributed by atoms with Gasteiger partial charge in [-0.2, -0.15) is 0 Å². The lowest BCUT2D eigenvalue weighted by molar-refractivity contribution is 0.00578. The van der Waals surface area contributed by atoms with E-state index in [2.05, 4.69) is 48.5 Å². The van der Waals surface area contributed by atoms with Crippen molar-refractivity contribution in [3.05, 3.63) is 0 Å². The number of rotatable bonds is 1. The molecule has 2 fully saturated rings. The molecule has 1 atom stereocenters. The van der Waals surface area contributed by atoms with Crippen molar-refractivity contribution in [1.29, 1.82) is 0 Å². The van der Waals surface area contributed by atoms with Gasteiger partial charge in [0.1, 0.15) is 0 Å². The summed E-state index contributed by atoms with van der Waals surface area (Å²) in [4.78, 5) is 0. The molecule has 1 saturated carbocycles. The maximum absolute atomic E-state index is 6.10. The minimum atomic E-state index is -0.195. The maximum Gasteiger partial charge on any atom is 0.464 e.